The molecule has 21 heavy (non-hydrogen) atoms. The van der Waals surface area contributed by atoms with Crippen molar-refractivity contribution in [2.45, 2.75) is 19.8 Å². The van der Waals surface area contributed by atoms with E-state index in [1.807, 2.05) is 49.4 Å². The van der Waals surface area contributed by atoms with Gasteiger partial charge in [0, 0.05) is 18.5 Å². The fraction of sp³-hybridized carbons (Fsp3) is 0.176. The second kappa shape index (κ2) is 6.06. The number of nitrogens with zero attached hydrogens (tertiary/aromatic N) is 1. The number of aromatic nitrogens is 1. The number of amides is 1. The summed E-state index contributed by atoms with van der Waals surface area (Å²) in [5.74, 6) is 0.0260. The molecule has 0 radical (unpaired) electrons. The van der Waals surface area contributed by atoms with Gasteiger partial charge in [-0.1, -0.05) is 29.8 Å². The molecule has 1 amide bonds. The molecule has 1 aromatic heterocycles. The number of anilines is 1. The zero-order chi connectivity index (χ0) is 14.7. The monoisotopic (exact) mass is 296 g/mol. The number of para-hydroxylation sites is 1. The van der Waals surface area contributed by atoms with Gasteiger partial charge in [-0.3, -0.25) is 4.79 Å². The third-order valence-electron chi connectivity index (χ3n) is 3.24. The zero-order valence-electron chi connectivity index (χ0n) is 11.8. The van der Waals surface area contributed by atoms with Crippen LogP contribution in [0.2, 0.25) is 0 Å². The van der Waals surface area contributed by atoms with Crippen LogP contribution in [0.25, 0.3) is 10.2 Å². The van der Waals surface area contributed by atoms with E-state index in [1.54, 1.807) is 11.3 Å². The van der Waals surface area contributed by atoms with Crippen LogP contribution in [-0.4, -0.2) is 10.9 Å². The van der Waals surface area contributed by atoms with Crippen LogP contribution in [0, 0.1) is 6.92 Å². The lowest BCUT2D eigenvalue weighted by Gasteiger charge is -2.04. The maximum Gasteiger partial charge on any atom is 0.224 e. The van der Waals surface area contributed by atoms with Gasteiger partial charge in [-0.25, -0.2) is 4.98 Å². The van der Waals surface area contributed by atoms with E-state index in [1.165, 1.54) is 10.3 Å². The van der Waals surface area contributed by atoms with Crippen molar-refractivity contribution in [2.24, 2.45) is 0 Å². The Bertz CT molecular complexity index is 729. The Morgan fingerprint density at radius 3 is 2.67 bits per heavy atom. The van der Waals surface area contributed by atoms with Crippen LogP contribution < -0.4 is 5.32 Å². The molecule has 0 aliphatic rings. The summed E-state index contributed by atoms with van der Waals surface area (Å²) in [6, 6.07) is 15.9. The predicted octanol–water partition coefficient (Wildman–Crippen LogP) is 4.18. The molecule has 0 aliphatic heterocycles. The highest BCUT2D eigenvalue weighted by Crippen LogP contribution is 2.22. The molecule has 4 heteroatoms. The van der Waals surface area contributed by atoms with Crippen LogP contribution >= 0.6 is 11.3 Å². The van der Waals surface area contributed by atoms with Crippen molar-refractivity contribution < 1.29 is 4.79 Å². The molecule has 0 spiro atoms. The Balaban J connectivity index is 1.59. The number of nitrogens with one attached hydrogen (secondary N) is 1. The Hall–Kier alpha value is -2.20. The highest BCUT2D eigenvalue weighted by Gasteiger charge is 2.07. The molecule has 0 bridgehead atoms. The third kappa shape index (κ3) is 3.47. The zero-order valence-corrected chi connectivity index (χ0v) is 12.6. The lowest BCUT2D eigenvalue weighted by Crippen LogP contribution is -2.12. The number of hydrogen-bond donors (Lipinski definition) is 1. The quantitative estimate of drug-likeness (QED) is 0.785. The summed E-state index contributed by atoms with van der Waals surface area (Å²) in [6.45, 7) is 2.03. The van der Waals surface area contributed by atoms with Crippen molar-refractivity contribution in [3.05, 3.63) is 59.1 Å². The molecule has 3 aromatic rings. The van der Waals surface area contributed by atoms with Gasteiger partial charge in [-0.05, 0) is 31.2 Å². The van der Waals surface area contributed by atoms with E-state index in [4.69, 9.17) is 0 Å². The van der Waals surface area contributed by atoms with Crippen molar-refractivity contribution in [1.82, 2.24) is 4.98 Å². The number of fused-ring (bicyclic) bond motifs is 1. The molecule has 0 unspecified atom stereocenters. The second-order valence-corrected chi connectivity index (χ2v) is 6.10. The summed E-state index contributed by atoms with van der Waals surface area (Å²) in [5.41, 5.74) is 3.04. The molecule has 3 nitrogen and oxygen atoms in total. The van der Waals surface area contributed by atoms with Gasteiger partial charge >= 0.3 is 0 Å². The van der Waals surface area contributed by atoms with Crippen molar-refractivity contribution in [2.75, 3.05) is 5.32 Å². The fourth-order valence-electron chi connectivity index (χ4n) is 2.11. The van der Waals surface area contributed by atoms with Gasteiger partial charge in [-0.2, -0.15) is 0 Å². The van der Waals surface area contributed by atoms with E-state index >= 15 is 0 Å². The Kier molecular flexibility index (Phi) is 3.97. The first-order valence-electron chi connectivity index (χ1n) is 6.92. The van der Waals surface area contributed by atoms with Gasteiger partial charge in [0.1, 0.15) is 0 Å². The van der Waals surface area contributed by atoms with Crippen molar-refractivity contribution in [1.29, 1.82) is 0 Å². The van der Waals surface area contributed by atoms with Crippen LogP contribution in [0.1, 0.15) is 17.0 Å². The highest BCUT2D eigenvalue weighted by molar-refractivity contribution is 7.18. The van der Waals surface area contributed by atoms with E-state index in [0.29, 0.717) is 12.8 Å². The molecule has 3 rings (SSSR count). The third-order valence-corrected chi connectivity index (χ3v) is 4.34. The first kappa shape index (κ1) is 13.8. The van der Waals surface area contributed by atoms with Crippen LogP contribution in [0.4, 0.5) is 5.69 Å². The molecular weight excluding hydrogens is 280 g/mol. The standard InChI is InChI=1S/C17H16N2OS/c1-12-6-8-13(9-7-12)18-16(20)10-11-17-19-14-4-2-3-5-15(14)21-17/h2-9H,10-11H2,1H3,(H,18,20). The molecule has 0 fully saturated rings. The van der Waals surface area contributed by atoms with Gasteiger partial charge in [-0.15, -0.1) is 11.3 Å². The van der Waals surface area contributed by atoms with E-state index < -0.39 is 0 Å². The lowest BCUT2D eigenvalue weighted by atomic mass is 10.2. The van der Waals surface area contributed by atoms with Gasteiger partial charge in [0.15, 0.2) is 0 Å². The number of benzene rings is 2. The first-order chi connectivity index (χ1) is 10.2. The number of rotatable bonds is 4. The summed E-state index contributed by atoms with van der Waals surface area (Å²) < 4.78 is 1.17. The largest absolute Gasteiger partial charge is 0.326 e. The molecule has 1 N–H and O–H groups in total. The minimum atomic E-state index is 0.0260. The molecule has 0 saturated heterocycles. The summed E-state index contributed by atoms with van der Waals surface area (Å²) in [6.07, 6.45) is 1.13. The van der Waals surface area contributed by atoms with Gasteiger partial charge in [0.2, 0.25) is 5.91 Å². The van der Waals surface area contributed by atoms with E-state index in [0.717, 1.165) is 16.2 Å². The predicted molar refractivity (Wildman–Crippen MR) is 87.7 cm³/mol. The minimum Gasteiger partial charge on any atom is -0.326 e. The minimum absolute atomic E-state index is 0.0260. The van der Waals surface area contributed by atoms with Crippen LogP contribution in [0.3, 0.4) is 0 Å². The van der Waals surface area contributed by atoms with Gasteiger partial charge < -0.3 is 5.32 Å². The Labute approximate surface area is 127 Å². The second-order valence-electron chi connectivity index (χ2n) is 4.99. The molecule has 2 aromatic carbocycles. The normalized spacial score (nSPS) is 10.7. The molecular formula is C17H16N2OS. The number of carbonyl (C=O) groups is 1. The SMILES string of the molecule is Cc1ccc(NC(=O)CCc2nc3ccccc3s2)cc1. The van der Waals surface area contributed by atoms with Crippen molar-refractivity contribution in [3.63, 3.8) is 0 Å². The summed E-state index contributed by atoms with van der Waals surface area (Å²) in [5, 5.41) is 3.92. The number of thiazole rings is 1. The number of hydrogen-bond acceptors (Lipinski definition) is 3. The number of carbonyl (C=O) groups excluding carboxylic acids is 1. The smallest absolute Gasteiger partial charge is 0.224 e. The van der Waals surface area contributed by atoms with Gasteiger partial charge in [0.05, 0.1) is 15.2 Å². The Morgan fingerprint density at radius 2 is 1.90 bits per heavy atom. The summed E-state index contributed by atoms with van der Waals surface area (Å²) in [4.78, 5) is 16.5. The van der Waals surface area contributed by atoms with E-state index in [2.05, 4.69) is 16.4 Å². The average Bonchev–Trinajstić information content (AvgIpc) is 2.90. The Morgan fingerprint density at radius 1 is 1.14 bits per heavy atom. The first-order valence-corrected chi connectivity index (χ1v) is 7.73. The summed E-state index contributed by atoms with van der Waals surface area (Å²) in [7, 11) is 0. The van der Waals surface area contributed by atoms with Gasteiger partial charge in [0.25, 0.3) is 0 Å². The molecule has 106 valence electrons. The number of aryl methyl sites for hydroxylation is 2. The average molecular weight is 296 g/mol. The van der Waals surface area contributed by atoms with Crippen LogP contribution in [0.5, 0.6) is 0 Å². The molecule has 0 saturated carbocycles. The van der Waals surface area contributed by atoms with Crippen molar-refractivity contribution in [3.8, 4) is 0 Å². The topological polar surface area (TPSA) is 42.0 Å². The lowest BCUT2D eigenvalue weighted by molar-refractivity contribution is -0.116. The highest BCUT2D eigenvalue weighted by atomic mass is 32.1. The van der Waals surface area contributed by atoms with Crippen molar-refractivity contribution >= 4 is 33.1 Å². The molecule has 0 aliphatic carbocycles. The maximum absolute atomic E-state index is 12.0. The fourth-order valence-corrected chi connectivity index (χ4v) is 3.07. The summed E-state index contributed by atoms with van der Waals surface area (Å²) >= 11 is 1.66. The molecule has 0 atom stereocenters. The maximum atomic E-state index is 12.0. The van der Waals surface area contributed by atoms with E-state index in [-0.39, 0.29) is 5.91 Å². The van der Waals surface area contributed by atoms with Crippen LogP contribution in [0.15, 0.2) is 48.5 Å². The molecule has 1 heterocycles. The van der Waals surface area contributed by atoms with E-state index in [9.17, 15) is 4.79 Å². The van der Waals surface area contributed by atoms with Crippen LogP contribution in [-0.2, 0) is 11.2 Å².